The third kappa shape index (κ3) is 11.8. The number of fused-ring (bicyclic) bond motifs is 4. The summed E-state index contributed by atoms with van der Waals surface area (Å²) in [6.45, 7) is 5.16. The monoisotopic (exact) mass is 1060 g/mol. The van der Waals surface area contributed by atoms with Gasteiger partial charge in [-0.05, 0) is 68.5 Å². The summed E-state index contributed by atoms with van der Waals surface area (Å²) in [6, 6.07) is 10.4. The lowest BCUT2D eigenvalue weighted by molar-refractivity contribution is -0.136. The summed E-state index contributed by atoms with van der Waals surface area (Å²) in [4.78, 5) is 121. The Kier molecular flexibility index (Phi) is 15.0. The second kappa shape index (κ2) is 22.1. The van der Waals surface area contributed by atoms with E-state index in [9.17, 15) is 51.9 Å². The third-order valence-corrected chi connectivity index (χ3v) is 12.7. The topological polar surface area (TPSA) is 332 Å². The molecule has 77 heavy (non-hydrogen) atoms. The second-order valence-corrected chi connectivity index (χ2v) is 18.4. The molecule has 3 aliphatic heterocycles. The van der Waals surface area contributed by atoms with Crippen LogP contribution in [0.5, 0.6) is 11.5 Å². The van der Waals surface area contributed by atoms with Crippen molar-refractivity contribution in [1.82, 2.24) is 66.0 Å². The molecule has 2 atom stereocenters. The molecule has 1 aliphatic carbocycles. The van der Waals surface area contributed by atoms with Crippen LogP contribution in [0, 0.1) is 11.6 Å². The number of nitrogens with one attached hydrogen (secondary N) is 8. The van der Waals surface area contributed by atoms with Gasteiger partial charge >= 0.3 is 0 Å². The van der Waals surface area contributed by atoms with Gasteiger partial charge in [0.15, 0.2) is 36.1 Å². The first-order chi connectivity index (χ1) is 36.9. The minimum absolute atomic E-state index is 0.0392. The average molecular weight is 1060 g/mol. The molecule has 6 aromatic rings. The summed E-state index contributed by atoms with van der Waals surface area (Å²) in [7, 11) is 0. The lowest BCUT2D eigenvalue weighted by Gasteiger charge is -2.39. The molecular formula is C49H49F2N15O11. The summed E-state index contributed by atoms with van der Waals surface area (Å²) >= 11 is 0. The summed E-state index contributed by atoms with van der Waals surface area (Å²) < 4.78 is 41.3. The highest BCUT2D eigenvalue weighted by Gasteiger charge is 2.32. The predicted molar refractivity (Wildman–Crippen MR) is 263 cm³/mol. The number of anilines is 2. The molecule has 26 nitrogen and oxygen atoms in total. The van der Waals surface area contributed by atoms with Crippen LogP contribution < -0.4 is 52.0 Å². The molecule has 8 N–H and O–H groups in total. The zero-order valence-corrected chi connectivity index (χ0v) is 41.3. The first-order valence-electron chi connectivity index (χ1n) is 24.1. The number of hydrogen-bond acceptors (Lipinski definition) is 15. The van der Waals surface area contributed by atoms with Crippen LogP contribution >= 0.6 is 0 Å². The maximum absolute atomic E-state index is 14.4. The van der Waals surface area contributed by atoms with E-state index in [1.54, 1.807) is 41.3 Å². The fraction of sp³-hybridized carbons (Fsp3) is 0.327. The summed E-state index contributed by atoms with van der Waals surface area (Å²) in [5.41, 5.74) is 0.785. The van der Waals surface area contributed by atoms with E-state index in [4.69, 9.17) is 9.47 Å². The van der Waals surface area contributed by atoms with Crippen molar-refractivity contribution in [3.8, 4) is 11.5 Å². The Bertz CT molecular complexity index is 3410. The quantitative estimate of drug-likeness (QED) is 0.0737. The largest absolute Gasteiger partial charge is 0.482 e. The first-order valence-corrected chi connectivity index (χ1v) is 24.1. The molecule has 1 saturated carbocycles. The molecule has 7 heterocycles. The van der Waals surface area contributed by atoms with Crippen molar-refractivity contribution in [1.29, 1.82) is 0 Å². The van der Waals surface area contributed by atoms with Gasteiger partial charge in [-0.2, -0.15) is 10.2 Å². The molecule has 1 saturated heterocycles. The number of carbonyl (C=O) groups excluding carboxylic acids is 9. The van der Waals surface area contributed by atoms with Crippen molar-refractivity contribution in [3.05, 3.63) is 106 Å². The molecule has 0 bridgehead atoms. The van der Waals surface area contributed by atoms with Gasteiger partial charge in [-0.25, -0.2) is 27.8 Å². The van der Waals surface area contributed by atoms with Crippen LogP contribution in [0.25, 0.3) is 11.3 Å². The van der Waals surface area contributed by atoms with Gasteiger partial charge in [-0.15, -0.1) is 0 Å². The number of ether oxygens (including phenoxy) is 2. The third-order valence-electron chi connectivity index (χ3n) is 12.7. The lowest BCUT2D eigenvalue weighted by atomic mass is 9.93. The van der Waals surface area contributed by atoms with Crippen LogP contribution in [0.2, 0.25) is 0 Å². The number of benzene rings is 2. The number of rotatable bonds is 14. The van der Waals surface area contributed by atoms with Crippen LogP contribution in [0.15, 0.2) is 60.9 Å². The molecular weight excluding hydrogens is 1010 g/mol. The van der Waals surface area contributed by atoms with E-state index in [1.165, 1.54) is 26.8 Å². The van der Waals surface area contributed by atoms with Crippen molar-refractivity contribution in [3.63, 3.8) is 0 Å². The van der Waals surface area contributed by atoms with Gasteiger partial charge in [0, 0.05) is 51.3 Å². The highest BCUT2D eigenvalue weighted by atomic mass is 19.1. The van der Waals surface area contributed by atoms with E-state index < -0.39 is 53.3 Å². The Morgan fingerprint density at radius 2 is 1.09 bits per heavy atom. The van der Waals surface area contributed by atoms with E-state index in [2.05, 4.69) is 62.7 Å². The molecule has 28 heteroatoms. The minimum atomic E-state index is -0.978. The van der Waals surface area contributed by atoms with Crippen LogP contribution in [0.3, 0.4) is 0 Å². The van der Waals surface area contributed by atoms with E-state index in [-0.39, 0.29) is 96.1 Å². The van der Waals surface area contributed by atoms with Crippen molar-refractivity contribution in [2.75, 3.05) is 36.9 Å². The Morgan fingerprint density at radius 1 is 0.649 bits per heavy atom. The maximum Gasteiger partial charge on any atom is 0.270 e. The van der Waals surface area contributed by atoms with Crippen molar-refractivity contribution < 1.29 is 61.4 Å². The number of carbonyl (C=O) groups is 9. The number of halogens is 2. The molecule has 0 unspecified atom stereocenters. The van der Waals surface area contributed by atoms with Crippen LogP contribution in [-0.4, -0.2) is 138 Å². The zero-order valence-electron chi connectivity index (χ0n) is 41.3. The molecule has 2 aromatic carbocycles. The maximum atomic E-state index is 14.4. The van der Waals surface area contributed by atoms with Gasteiger partial charge in [-0.3, -0.25) is 43.2 Å². The summed E-state index contributed by atoms with van der Waals surface area (Å²) in [5.74, 6) is -4.97. The van der Waals surface area contributed by atoms with E-state index >= 15 is 0 Å². The lowest BCUT2D eigenvalue weighted by Crippen LogP contribution is -2.62. The summed E-state index contributed by atoms with van der Waals surface area (Å²) in [5, 5.41) is 29.0. The van der Waals surface area contributed by atoms with Crippen LogP contribution in [0.4, 0.5) is 20.2 Å². The Hall–Kier alpha value is -9.63. The fourth-order valence-electron chi connectivity index (χ4n) is 8.16. The first kappa shape index (κ1) is 52.2. The van der Waals surface area contributed by atoms with Gasteiger partial charge in [0.1, 0.15) is 46.4 Å². The smallest absolute Gasteiger partial charge is 0.270 e. The van der Waals surface area contributed by atoms with Crippen LogP contribution in [-0.2, 0) is 37.1 Å². The van der Waals surface area contributed by atoms with E-state index in [1.807, 2.05) is 0 Å². The van der Waals surface area contributed by atoms with E-state index in [0.717, 1.165) is 46.8 Å². The molecule has 0 radical (unpaired) electrons. The van der Waals surface area contributed by atoms with Gasteiger partial charge in [0.2, 0.25) is 17.7 Å². The number of amides is 9. The molecule has 400 valence electrons. The number of aromatic nitrogens is 6. The van der Waals surface area contributed by atoms with Crippen LogP contribution in [0.1, 0.15) is 93.1 Å². The van der Waals surface area contributed by atoms with Gasteiger partial charge in [0.05, 0.1) is 29.8 Å². The molecule has 4 aliphatic rings. The molecule has 2 fully saturated rings. The highest BCUT2D eigenvalue weighted by Crippen LogP contribution is 2.30. The molecule has 10 rings (SSSR count). The Morgan fingerprint density at radius 3 is 1.51 bits per heavy atom. The fourth-order valence-corrected chi connectivity index (χ4v) is 8.16. The van der Waals surface area contributed by atoms with Crippen molar-refractivity contribution in [2.24, 2.45) is 0 Å². The number of hydrogen-bond donors (Lipinski definition) is 8. The second-order valence-electron chi connectivity index (χ2n) is 18.4. The standard InChI is InChI=1S/C25H25FN8O6.C24H24FN7O5/c1-12(23(37)30-15-9-33(10-15)13(2)35)29-25(39)19-6-18(32-22-16(26)8-28-34(19)22)24(38)27-7-14-3-4-20-17(5-14)31-21(36)11-40-20;1-12(22(34)29-14-3-2-4-14)28-24(36)18-8-17(31-21-15(25)10-27-32(18)21)23(35)26-9-13-5-6-19-16(7-13)30-20(33)11-37-19/h3-6,8,12,15H,7,9-11H2,1-2H3,(H,27,38)(H,29,39)(H,30,37)(H,31,36);5-8,10,12,14H,2-4,9,11H2,1H3,(H,26,35)(H,28,36)(H,29,34)(H,30,33)/t2*12-/m00/s1. The SMILES string of the molecule is CC(=O)N1CC(NC(=O)[C@H](C)NC(=O)c2cc(C(=O)NCc3ccc4c(c3)NC(=O)CO4)nc3c(F)cnn23)C1.C[C@H](NC(=O)c1cc(C(=O)NCc2ccc3c(c2)NC(=O)CO3)nc2c(F)cnn12)C(=O)NC1CCC1. The number of nitrogens with zero attached hydrogens (tertiary/aromatic N) is 7. The van der Waals surface area contributed by atoms with Gasteiger partial charge < -0.3 is 56.9 Å². The zero-order chi connectivity index (χ0) is 54.7. The Balaban J connectivity index is 0.000000188. The normalized spacial score (nSPS) is 15.4. The predicted octanol–water partition coefficient (Wildman–Crippen LogP) is 0.511. The highest BCUT2D eigenvalue weighted by molar-refractivity contribution is 6.02. The summed E-state index contributed by atoms with van der Waals surface area (Å²) in [6.07, 6.45) is 4.59. The van der Waals surface area contributed by atoms with Crippen molar-refractivity contribution >= 4 is 75.8 Å². The number of likely N-dealkylation sites (tertiary alicyclic amines) is 1. The van der Waals surface area contributed by atoms with Gasteiger partial charge in [-0.1, -0.05) is 12.1 Å². The average Bonchev–Trinajstić information content (AvgIpc) is 3.97. The molecule has 4 aromatic heterocycles. The van der Waals surface area contributed by atoms with Gasteiger partial charge in [0.25, 0.3) is 35.4 Å². The van der Waals surface area contributed by atoms with E-state index in [0.29, 0.717) is 47.1 Å². The van der Waals surface area contributed by atoms with Crippen molar-refractivity contribution in [2.45, 2.75) is 77.3 Å². The molecule has 9 amide bonds. The molecule has 0 spiro atoms. The Labute approximate surface area is 434 Å². The minimum Gasteiger partial charge on any atom is -0.482 e.